The van der Waals surface area contributed by atoms with E-state index < -0.39 is 79.8 Å². The molecule has 4 spiro atoms. The first kappa shape index (κ1) is 104. The summed E-state index contributed by atoms with van der Waals surface area (Å²) in [5.74, 6) is -6.14. The number of fused-ring (bicyclic) bond motifs is 8. The average Bonchev–Trinajstić information content (AvgIpc) is 1.58. The number of carbonyl (C=O) groups is 8. The summed E-state index contributed by atoms with van der Waals surface area (Å²) in [6, 6.07) is 45.4. The Balaban J connectivity index is 0.000000143. The number of likely N-dealkylation sites (N-methyl/N-ethyl adjacent to an activating group) is 4. The second-order valence-electron chi connectivity index (χ2n) is 41.8. The van der Waals surface area contributed by atoms with Crippen LogP contribution in [0.5, 0.6) is 5.75 Å². The second-order valence-corrected chi connectivity index (χ2v) is 43.5. The first-order chi connectivity index (χ1) is 66.8. The van der Waals surface area contributed by atoms with Gasteiger partial charge in [0.25, 0.3) is 41.0 Å². The zero-order chi connectivity index (χ0) is 102. The molecule has 8 aliphatic heterocycles. The molecule has 0 atom stereocenters. The summed E-state index contributed by atoms with van der Waals surface area (Å²) in [6.45, 7) is 25.8. The fourth-order valence-corrected chi connectivity index (χ4v) is 23.7. The molecular weight excluding hydrogens is 1870 g/mol. The molecule has 4 amide bonds. The van der Waals surface area contributed by atoms with E-state index in [-0.39, 0.29) is 80.9 Å². The van der Waals surface area contributed by atoms with Crippen molar-refractivity contribution >= 4 is 56.8 Å². The van der Waals surface area contributed by atoms with Crippen LogP contribution in [0.15, 0.2) is 169 Å². The first-order valence-corrected chi connectivity index (χ1v) is 50.4. The number of benzene rings is 5. The molecule has 35 heteroatoms. The van der Waals surface area contributed by atoms with Gasteiger partial charge >= 0.3 is 18.5 Å². The molecule has 5 aromatic carbocycles. The summed E-state index contributed by atoms with van der Waals surface area (Å²) in [7, 11) is 4.45. The van der Waals surface area contributed by atoms with Crippen LogP contribution in [0.4, 0.5) is 43.9 Å². The number of likely N-dealkylation sites (tertiary alicyclic amines) is 4. The van der Waals surface area contributed by atoms with Crippen LogP contribution in [0.1, 0.15) is 257 Å². The standard InChI is InChI=1S/C28H28F3N3O2.C27H34N4O4S.C26H31F4N3O3.C26H32F3N3O2.H2/c1-19-18-21(8-9-22(19)20-6-4-3-5-7-20)26(36)33-14-12-27(13-15-33)24-11-10-23(25(35)28(29,30)31)34(24)17-16-32(27)2;1-26(11-12-26)24(32)22-9-10-23-27(29(2)17-18-31(22)23)13-15-30(16-14-27)25(33)19-3-7-21(8-4-19)36(34,35)28-20-5-6-20;1-16(2)36-18-6-7-19(20(27)13-18)23(35)32-10-8-25(9-11-32)21-12-17(22(34)26(28,29)30)14-33(21)24(3,4)15-31(25)5;1-5-24(2,3)19-8-6-18(7-9-19)23(34)31-14-12-25(13-15-31)21-11-10-20(22(33)26(27,28)29)32(21)17-16-30(25)4;/h3-11,18H,12-17H2,1-2H3;3-4,7-10,20,28H,5-6,11-18H2,1-2H3;6-7,12-14,16H,8-11,15H2,1-5H3;6-11H,5,12-17H2,1-4H3;1H. The van der Waals surface area contributed by atoms with E-state index >= 15 is 0 Å². The lowest BCUT2D eigenvalue weighted by Gasteiger charge is -2.54. The highest BCUT2D eigenvalue weighted by molar-refractivity contribution is 7.89. The summed E-state index contributed by atoms with van der Waals surface area (Å²) < 4.78 is 173. The van der Waals surface area contributed by atoms with Gasteiger partial charge in [0.1, 0.15) is 11.6 Å². The van der Waals surface area contributed by atoms with E-state index in [9.17, 15) is 90.7 Å². The largest absolute Gasteiger partial charge is 0.491 e. The number of piperidine rings is 4. The van der Waals surface area contributed by atoms with E-state index in [4.69, 9.17) is 4.74 Å². The fourth-order valence-electron chi connectivity index (χ4n) is 22.4. The Kier molecular flexibility index (Phi) is 28.4. The number of carbonyl (C=O) groups excluding carboxylic acids is 8. The van der Waals surface area contributed by atoms with Gasteiger partial charge in [0.15, 0.2) is 5.78 Å². The van der Waals surface area contributed by atoms with Gasteiger partial charge in [-0.2, -0.15) is 39.5 Å². The molecule has 10 aliphatic rings. The number of nitrogens with zero attached hydrogens (tertiary/aromatic N) is 12. The van der Waals surface area contributed by atoms with Gasteiger partial charge in [-0.3, -0.25) is 58.0 Å². The number of hydrogen-bond donors (Lipinski definition) is 1. The highest BCUT2D eigenvalue weighted by atomic mass is 32.2. The minimum atomic E-state index is -4.96. The van der Waals surface area contributed by atoms with Gasteiger partial charge in [-0.05, 0) is 277 Å². The Morgan fingerprint density at radius 1 is 0.451 bits per heavy atom. The molecule has 4 saturated heterocycles. The van der Waals surface area contributed by atoms with Gasteiger partial charge in [-0.15, -0.1) is 0 Å². The van der Waals surface area contributed by atoms with E-state index in [2.05, 4.69) is 69.7 Å². The van der Waals surface area contributed by atoms with Crippen molar-refractivity contribution in [3.8, 4) is 16.9 Å². The number of rotatable bonds is 17. The lowest BCUT2D eigenvalue weighted by atomic mass is 9.78. The smallest absolute Gasteiger partial charge is 0.456 e. The van der Waals surface area contributed by atoms with Crippen molar-refractivity contribution in [1.29, 1.82) is 0 Å². The molecule has 6 fully saturated rings. The summed E-state index contributed by atoms with van der Waals surface area (Å²) in [5.41, 5.74) is 6.70. The highest BCUT2D eigenvalue weighted by Crippen LogP contribution is 2.52. The van der Waals surface area contributed by atoms with Gasteiger partial charge in [0.05, 0.1) is 61.3 Å². The van der Waals surface area contributed by atoms with Gasteiger partial charge in [-0.25, -0.2) is 17.5 Å². The molecule has 12 heterocycles. The molecule has 2 saturated carbocycles. The number of amides is 4. The van der Waals surface area contributed by atoms with Crippen molar-refractivity contribution in [3.63, 3.8) is 0 Å². The Bertz CT molecular complexity index is 6420. The normalized spacial score (nSPS) is 19.7. The van der Waals surface area contributed by atoms with Crippen LogP contribution < -0.4 is 9.46 Å². The number of aromatic nitrogens is 4. The minimum absolute atomic E-state index is 0. The second kappa shape index (κ2) is 39.0. The Hall–Kier alpha value is -11.4. The maximum Gasteiger partial charge on any atom is 0.456 e. The van der Waals surface area contributed by atoms with Crippen molar-refractivity contribution < 1.29 is 96.8 Å². The lowest BCUT2D eigenvalue weighted by Crippen LogP contribution is -2.60. The number of ketones is 4. The number of ether oxygens (including phenoxy) is 1. The molecule has 4 aromatic heterocycles. The van der Waals surface area contributed by atoms with Crippen LogP contribution in [0.2, 0.25) is 0 Å². The zero-order valence-corrected chi connectivity index (χ0v) is 83.4. The summed E-state index contributed by atoms with van der Waals surface area (Å²) in [6.07, 6.45) is -4.08. The Labute approximate surface area is 823 Å². The third-order valence-corrected chi connectivity index (χ3v) is 33.4. The van der Waals surface area contributed by atoms with Crippen molar-refractivity contribution in [1.82, 2.24) is 62.2 Å². The predicted octanol–water partition coefficient (Wildman–Crippen LogP) is 18.5. The van der Waals surface area contributed by atoms with Crippen molar-refractivity contribution in [2.75, 3.05) is 107 Å². The lowest BCUT2D eigenvalue weighted by molar-refractivity contribution is -0.0895. The van der Waals surface area contributed by atoms with E-state index in [1.807, 2.05) is 149 Å². The number of Topliss-reactive ketones (excluding diaryl/α,β-unsaturated/α-hetero) is 4. The van der Waals surface area contributed by atoms with Gasteiger partial charge in [0.2, 0.25) is 10.0 Å². The van der Waals surface area contributed by atoms with Gasteiger partial charge in [-0.1, -0.05) is 76.2 Å². The highest BCUT2D eigenvalue weighted by Gasteiger charge is 2.56. The van der Waals surface area contributed by atoms with Gasteiger partial charge in [0, 0.05) is 168 Å². The maximum atomic E-state index is 14.7. The van der Waals surface area contributed by atoms with Crippen LogP contribution in [0, 0.1) is 18.2 Å². The molecule has 24 nitrogen and oxygen atoms in total. The molecule has 2 aliphatic carbocycles. The zero-order valence-electron chi connectivity index (χ0n) is 82.6. The Morgan fingerprint density at radius 2 is 0.859 bits per heavy atom. The van der Waals surface area contributed by atoms with E-state index in [0.717, 1.165) is 91.8 Å². The number of halogens is 10. The number of sulfonamides is 1. The first-order valence-electron chi connectivity index (χ1n) is 48.9. The van der Waals surface area contributed by atoms with Crippen LogP contribution in [0.25, 0.3) is 11.1 Å². The minimum Gasteiger partial charge on any atom is -0.491 e. The quantitative estimate of drug-likeness (QED) is 0.0659. The molecular formula is C107H127F10N13O11S. The average molecular weight is 1990 g/mol. The maximum absolute atomic E-state index is 14.7. The summed E-state index contributed by atoms with van der Waals surface area (Å²) in [4.78, 5) is 118. The molecule has 9 aromatic rings. The summed E-state index contributed by atoms with van der Waals surface area (Å²) in [5, 5.41) is 0. The fraction of sp³-hybridized carbons (Fsp3) is 0.495. The van der Waals surface area contributed by atoms with Crippen LogP contribution >= 0.6 is 0 Å². The van der Waals surface area contributed by atoms with Crippen LogP contribution in [0.3, 0.4) is 0 Å². The topological polar surface area (TPSA) is 238 Å². The third-order valence-electron chi connectivity index (χ3n) is 31.8. The van der Waals surface area contributed by atoms with Crippen molar-refractivity contribution in [2.24, 2.45) is 5.41 Å². The predicted molar refractivity (Wildman–Crippen MR) is 518 cm³/mol. The molecule has 0 unspecified atom stereocenters. The molecule has 0 bridgehead atoms. The SMILES string of the molecule is CC(C)Oc1ccc(C(=O)N2CCC3(CC2)c2cc(C(=O)C(F)(F)F)cn2C(C)(C)CN3C)c(F)c1.CCC(C)(C)c1ccc(C(=O)N2CCC3(CC2)c2ccc(C(=O)C(F)(F)F)n2CCN3C)cc1.CN1CCn2c(C(=O)C3(C)CC3)ccc2C12CCN(C(=O)c1ccc(S(=O)(=O)NC3CC3)cc1)CC2.Cc1cc(C(=O)N2CCC3(CC2)c2ccc(C(=O)C(F)(F)F)n2CCN3C)ccc1-c1ccccc1.[HH]. The van der Waals surface area contributed by atoms with Crippen molar-refractivity contribution in [2.45, 2.75) is 234 Å². The molecule has 142 heavy (non-hydrogen) atoms. The Morgan fingerprint density at radius 3 is 1.27 bits per heavy atom. The number of hydrogen-bond acceptors (Lipinski definition) is 15. The molecule has 19 rings (SSSR count). The molecule has 1 N–H and O–H groups in total. The monoisotopic (exact) mass is 1990 g/mol. The molecule has 0 radical (unpaired) electrons. The summed E-state index contributed by atoms with van der Waals surface area (Å²) >= 11 is 0. The van der Waals surface area contributed by atoms with Crippen molar-refractivity contribution in [3.05, 3.63) is 249 Å². The number of aryl methyl sites for hydroxylation is 1. The van der Waals surface area contributed by atoms with E-state index in [1.165, 1.54) is 69.1 Å². The van der Waals surface area contributed by atoms with Crippen LogP contribution in [-0.2, 0) is 62.8 Å². The van der Waals surface area contributed by atoms with Gasteiger partial charge < -0.3 is 42.6 Å². The van der Waals surface area contributed by atoms with Crippen LogP contribution in [-0.4, -0.2) is 250 Å². The van der Waals surface area contributed by atoms with E-state index in [0.29, 0.717) is 152 Å². The number of alkyl halides is 9. The molecule has 762 valence electrons. The third kappa shape index (κ3) is 20.0. The number of nitrogens with one attached hydrogen (secondary N) is 1. The van der Waals surface area contributed by atoms with E-state index in [1.54, 1.807) is 39.8 Å².